The van der Waals surface area contributed by atoms with Crippen molar-refractivity contribution in [3.8, 4) is 5.75 Å². The fourth-order valence-electron chi connectivity index (χ4n) is 2.29. The molecule has 1 aromatic carbocycles. The first-order chi connectivity index (χ1) is 10.5. The average molecular weight is 305 g/mol. The zero-order chi connectivity index (χ0) is 16.1. The van der Waals surface area contributed by atoms with Crippen LogP contribution in [0.2, 0.25) is 0 Å². The summed E-state index contributed by atoms with van der Waals surface area (Å²) in [6.45, 7) is 6.14. The number of carbonyl (C=O) groups is 2. The molecule has 1 N–H and O–H groups in total. The highest BCUT2D eigenvalue weighted by Gasteiger charge is 2.32. The summed E-state index contributed by atoms with van der Waals surface area (Å²) in [6, 6.07) is 6.73. The standard InChI is InChI=1S/C16H19NO5/c1-3-8-21-13-6-4-12(5-7-13)15(18)17-9-11(2)22-14(10-17)16(19)20/h3-7,11,14H,1,8-10H2,2H3,(H,19,20)/t11-,14?/m1/s1. The lowest BCUT2D eigenvalue weighted by atomic mass is 10.1. The molecule has 118 valence electrons. The van der Waals surface area contributed by atoms with Crippen LogP contribution < -0.4 is 4.74 Å². The van der Waals surface area contributed by atoms with E-state index in [1.165, 1.54) is 4.90 Å². The van der Waals surface area contributed by atoms with Gasteiger partial charge in [0.05, 0.1) is 12.6 Å². The summed E-state index contributed by atoms with van der Waals surface area (Å²) in [5.41, 5.74) is 0.490. The molecule has 6 heteroatoms. The number of rotatable bonds is 5. The van der Waals surface area contributed by atoms with Crippen LogP contribution in [0.25, 0.3) is 0 Å². The van der Waals surface area contributed by atoms with Crippen molar-refractivity contribution in [2.24, 2.45) is 0 Å². The lowest BCUT2D eigenvalue weighted by molar-refractivity contribution is -0.160. The maximum absolute atomic E-state index is 12.5. The number of amides is 1. The molecule has 1 saturated heterocycles. The van der Waals surface area contributed by atoms with Gasteiger partial charge >= 0.3 is 5.97 Å². The van der Waals surface area contributed by atoms with Gasteiger partial charge in [0.25, 0.3) is 5.91 Å². The fraction of sp³-hybridized carbons (Fsp3) is 0.375. The number of carbonyl (C=O) groups excluding carboxylic acids is 1. The molecule has 0 spiro atoms. The van der Waals surface area contributed by atoms with Crippen LogP contribution >= 0.6 is 0 Å². The zero-order valence-electron chi connectivity index (χ0n) is 12.4. The number of hydrogen-bond donors (Lipinski definition) is 1. The van der Waals surface area contributed by atoms with E-state index in [0.29, 0.717) is 24.5 Å². The molecular formula is C16H19NO5. The molecule has 22 heavy (non-hydrogen) atoms. The van der Waals surface area contributed by atoms with E-state index in [-0.39, 0.29) is 18.6 Å². The first-order valence-electron chi connectivity index (χ1n) is 7.02. The Hall–Kier alpha value is -2.34. The predicted octanol–water partition coefficient (Wildman–Crippen LogP) is 1.57. The number of aliphatic carboxylic acids is 1. The molecule has 1 aliphatic heterocycles. The zero-order valence-corrected chi connectivity index (χ0v) is 12.4. The summed E-state index contributed by atoms with van der Waals surface area (Å²) >= 11 is 0. The molecule has 1 amide bonds. The third kappa shape index (κ3) is 3.85. The highest BCUT2D eigenvalue weighted by molar-refractivity contribution is 5.94. The molecule has 1 aromatic rings. The van der Waals surface area contributed by atoms with E-state index in [1.807, 2.05) is 0 Å². The molecule has 0 aromatic heterocycles. The minimum absolute atomic E-state index is 0.0488. The van der Waals surface area contributed by atoms with Gasteiger partial charge in [-0.2, -0.15) is 0 Å². The largest absolute Gasteiger partial charge is 0.490 e. The molecule has 2 rings (SSSR count). The summed E-state index contributed by atoms with van der Waals surface area (Å²) in [4.78, 5) is 25.0. The van der Waals surface area contributed by atoms with E-state index in [4.69, 9.17) is 14.6 Å². The monoisotopic (exact) mass is 305 g/mol. The number of nitrogens with zero attached hydrogens (tertiary/aromatic N) is 1. The van der Waals surface area contributed by atoms with Gasteiger partial charge in [0.1, 0.15) is 12.4 Å². The summed E-state index contributed by atoms with van der Waals surface area (Å²) in [5.74, 6) is -0.621. The molecule has 1 fully saturated rings. The van der Waals surface area contributed by atoms with Crippen LogP contribution in [-0.2, 0) is 9.53 Å². The van der Waals surface area contributed by atoms with E-state index in [9.17, 15) is 9.59 Å². The van der Waals surface area contributed by atoms with Crippen LogP contribution in [0, 0.1) is 0 Å². The normalized spacial score (nSPS) is 21.2. The Morgan fingerprint density at radius 3 is 2.68 bits per heavy atom. The molecule has 1 heterocycles. The minimum atomic E-state index is -1.06. The van der Waals surface area contributed by atoms with Crippen molar-refractivity contribution in [3.05, 3.63) is 42.5 Å². The Kier molecular flexibility index (Phi) is 5.16. The maximum Gasteiger partial charge on any atom is 0.334 e. The molecule has 0 aliphatic carbocycles. The van der Waals surface area contributed by atoms with Gasteiger partial charge in [-0.05, 0) is 31.2 Å². The number of carboxylic acid groups (broad SMARTS) is 1. The Labute approximate surface area is 128 Å². The highest BCUT2D eigenvalue weighted by atomic mass is 16.5. The van der Waals surface area contributed by atoms with Crippen molar-refractivity contribution in [2.45, 2.75) is 19.1 Å². The van der Waals surface area contributed by atoms with Gasteiger partial charge in [0.2, 0.25) is 0 Å². The quantitative estimate of drug-likeness (QED) is 0.836. The Morgan fingerprint density at radius 1 is 1.41 bits per heavy atom. The number of carboxylic acids is 1. The second-order valence-electron chi connectivity index (χ2n) is 5.11. The van der Waals surface area contributed by atoms with Crippen LogP contribution in [0.4, 0.5) is 0 Å². The molecule has 1 unspecified atom stereocenters. The maximum atomic E-state index is 12.5. The third-order valence-corrected chi connectivity index (χ3v) is 3.29. The molecule has 2 atom stereocenters. The molecule has 0 saturated carbocycles. The first kappa shape index (κ1) is 16.0. The fourth-order valence-corrected chi connectivity index (χ4v) is 2.29. The van der Waals surface area contributed by atoms with Crippen LogP contribution in [-0.4, -0.2) is 53.8 Å². The molecule has 0 bridgehead atoms. The van der Waals surface area contributed by atoms with E-state index in [1.54, 1.807) is 37.3 Å². The van der Waals surface area contributed by atoms with Gasteiger partial charge in [-0.1, -0.05) is 12.7 Å². The second kappa shape index (κ2) is 7.09. The smallest absolute Gasteiger partial charge is 0.334 e. The van der Waals surface area contributed by atoms with Gasteiger partial charge in [0.15, 0.2) is 6.10 Å². The second-order valence-corrected chi connectivity index (χ2v) is 5.11. The van der Waals surface area contributed by atoms with Crippen LogP contribution in [0.3, 0.4) is 0 Å². The minimum Gasteiger partial charge on any atom is -0.490 e. The Morgan fingerprint density at radius 2 is 2.09 bits per heavy atom. The van der Waals surface area contributed by atoms with Gasteiger partial charge in [-0.25, -0.2) is 4.79 Å². The highest BCUT2D eigenvalue weighted by Crippen LogP contribution is 2.17. The summed E-state index contributed by atoms with van der Waals surface area (Å²) < 4.78 is 10.7. The first-order valence-corrected chi connectivity index (χ1v) is 7.02. The lowest BCUT2D eigenvalue weighted by Gasteiger charge is -2.35. The van der Waals surface area contributed by atoms with Gasteiger partial charge in [-0.3, -0.25) is 4.79 Å². The SMILES string of the molecule is C=CCOc1ccc(C(=O)N2CC(C(=O)O)O[C@H](C)C2)cc1. The average Bonchev–Trinajstić information content (AvgIpc) is 2.52. The number of ether oxygens (including phenoxy) is 2. The lowest BCUT2D eigenvalue weighted by Crippen LogP contribution is -2.51. The van der Waals surface area contributed by atoms with E-state index < -0.39 is 12.1 Å². The van der Waals surface area contributed by atoms with Crippen molar-refractivity contribution in [1.82, 2.24) is 4.90 Å². The van der Waals surface area contributed by atoms with Crippen molar-refractivity contribution in [2.75, 3.05) is 19.7 Å². The van der Waals surface area contributed by atoms with Crippen LogP contribution in [0.1, 0.15) is 17.3 Å². The van der Waals surface area contributed by atoms with E-state index in [0.717, 1.165) is 0 Å². The van der Waals surface area contributed by atoms with E-state index >= 15 is 0 Å². The topological polar surface area (TPSA) is 76.1 Å². The Balaban J connectivity index is 2.06. The third-order valence-electron chi connectivity index (χ3n) is 3.29. The molecular weight excluding hydrogens is 286 g/mol. The van der Waals surface area contributed by atoms with Crippen LogP contribution in [0.5, 0.6) is 5.75 Å². The van der Waals surface area contributed by atoms with Gasteiger partial charge in [-0.15, -0.1) is 0 Å². The van der Waals surface area contributed by atoms with E-state index in [2.05, 4.69) is 6.58 Å². The number of benzene rings is 1. The molecule has 6 nitrogen and oxygen atoms in total. The van der Waals surface area contributed by atoms with Gasteiger partial charge in [0, 0.05) is 12.1 Å². The summed E-state index contributed by atoms with van der Waals surface area (Å²) in [5, 5.41) is 9.06. The molecule has 0 radical (unpaired) electrons. The van der Waals surface area contributed by atoms with Crippen molar-refractivity contribution in [1.29, 1.82) is 0 Å². The van der Waals surface area contributed by atoms with Gasteiger partial charge < -0.3 is 19.5 Å². The van der Waals surface area contributed by atoms with Crippen molar-refractivity contribution >= 4 is 11.9 Å². The van der Waals surface area contributed by atoms with Crippen LogP contribution in [0.15, 0.2) is 36.9 Å². The number of morpholine rings is 1. The van der Waals surface area contributed by atoms with Crippen molar-refractivity contribution < 1.29 is 24.2 Å². The van der Waals surface area contributed by atoms with Crippen molar-refractivity contribution in [3.63, 3.8) is 0 Å². The Bertz CT molecular complexity index is 554. The predicted molar refractivity (Wildman–Crippen MR) is 80.0 cm³/mol. The summed E-state index contributed by atoms with van der Waals surface area (Å²) in [7, 11) is 0. The molecule has 1 aliphatic rings. The summed E-state index contributed by atoms with van der Waals surface area (Å²) in [6.07, 6.45) is 0.345. The number of hydrogen-bond acceptors (Lipinski definition) is 4.